The van der Waals surface area contributed by atoms with Crippen LogP contribution in [-0.2, 0) is 9.09 Å². The number of hydrogen-bond donors (Lipinski definition) is 1. The molecule has 1 N–H and O–H groups in total. The lowest BCUT2D eigenvalue weighted by molar-refractivity contribution is 0.275. The fourth-order valence-corrected chi connectivity index (χ4v) is 0.819. The van der Waals surface area contributed by atoms with Crippen molar-refractivity contribution >= 4 is 18.2 Å². The van der Waals surface area contributed by atoms with Crippen molar-refractivity contribution in [1.29, 1.82) is 0 Å². The van der Waals surface area contributed by atoms with Gasteiger partial charge in [-0.1, -0.05) is 6.92 Å². The summed E-state index contributed by atoms with van der Waals surface area (Å²) in [6, 6.07) is 0. The van der Waals surface area contributed by atoms with Gasteiger partial charge in [-0.3, -0.25) is 4.52 Å². The molecule has 0 radical (unpaired) electrons. The van der Waals surface area contributed by atoms with E-state index >= 15 is 0 Å². The Morgan fingerprint density at radius 2 is 2.38 bits per heavy atom. The van der Waals surface area contributed by atoms with Crippen LogP contribution >= 0.6 is 18.2 Å². The zero-order valence-electron chi connectivity index (χ0n) is 4.50. The molecule has 0 saturated carbocycles. The Morgan fingerprint density at radius 3 is 2.50 bits per heavy atom. The van der Waals surface area contributed by atoms with Gasteiger partial charge in [0, 0.05) is 11.2 Å². The van der Waals surface area contributed by atoms with Crippen LogP contribution < -0.4 is 0 Å². The fraction of sp³-hybridized carbons (Fsp3) is 1.00. The molecule has 5 heteroatoms. The van der Waals surface area contributed by atoms with Crippen LogP contribution in [0.3, 0.4) is 0 Å². The lowest BCUT2D eigenvalue weighted by Gasteiger charge is -1.99. The van der Waals surface area contributed by atoms with Gasteiger partial charge in [0.05, 0.1) is 6.61 Å². The monoisotopic (exact) mass is 158 g/mol. The highest BCUT2D eigenvalue weighted by Crippen LogP contribution is 2.47. The largest absolute Gasteiger partial charge is 0.421 e. The van der Waals surface area contributed by atoms with E-state index in [1.165, 1.54) is 0 Å². The summed E-state index contributed by atoms with van der Waals surface area (Å²) >= 11 is 4.80. The highest BCUT2D eigenvalue weighted by Gasteiger charge is 2.11. The summed E-state index contributed by atoms with van der Waals surface area (Å²) in [6.45, 7) is -1.65. The van der Waals surface area contributed by atoms with E-state index in [1.54, 1.807) is 0 Å². The van der Waals surface area contributed by atoms with Gasteiger partial charge >= 0.3 is 6.95 Å². The van der Waals surface area contributed by atoms with Crippen LogP contribution in [0.4, 0.5) is 0 Å². The Hall–Kier alpha value is 0.440. The Labute approximate surface area is 52.9 Å². The average Bonchev–Trinajstić information content (AvgIpc) is 1.59. The average molecular weight is 159 g/mol. The first-order chi connectivity index (χ1) is 3.56. The van der Waals surface area contributed by atoms with E-state index in [4.69, 9.17) is 16.1 Å². The molecule has 1 unspecified atom stereocenters. The van der Waals surface area contributed by atoms with Crippen molar-refractivity contribution < 1.29 is 14.0 Å². The molecule has 1 atom stereocenters. The van der Waals surface area contributed by atoms with E-state index in [-0.39, 0.29) is 6.61 Å². The molecule has 0 rings (SSSR count). The van der Waals surface area contributed by atoms with E-state index in [2.05, 4.69) is 4.52 Å². The SMILES string of the molecule is CCCOP(=O)(O)Cl. The summed E-state index contributed by atoms with van der Waals surface area (Å²) in [5.41, 5.74) is 0. The fourth-order valence-electron chi connectivity index (χ4n) is 0.204. The predicted octanol–water partition coefficient (Wildman–Crippen LogP) is 1.75. The van der Waals surface area contributed by atoms with Gasteiger partial charge in [0.2, 0.25) is 0 Å². The number of rotatable bonds is 3. The van der Waals surface area contributed by atoms with Crippen LogP contribution in [-0.4, -0.2) is 11.5 Å². The topological polar surface area (TPSA) is 46.5 Å². The lowest BCUT2D eigenvalue weighted by atomic mass is 10.5. The van der Waals surface area contributed by atoms with Gasteiger partial charge in [0.15, 0.2) is 0 Å². The lowest BCUT2D eigenvalue weighted by Crippen LogP contribution is -1.84. The highest BCUT2D eigenvalue weighted by molar-refractivity contribution is 7.80. The second-order valence-corrected chi connectivity index (χ2v) is 3.73. The van der Waals surface area contributed by atoms with E-state index < -0.39 is 6.95 Å². The Balaban J connectivity index is 3.26. The minimum Gasteiger partial charge on any atom is -0.313 e. The summed E-state index contributed by atoms with van der Waals surface area (Å²) in [5.74, 6) is 0. The van der Waals surface area contributed by atoms with Crippen molar-refractivity contribution in [2.45, 2.75) is 13.3 Å². The van der Waals surface area contributed by atoms with Crippen LogP contribution in [0.25, 0.3) is 0 Å². The molecule has 0 aromatic rings. The number of halogens is 1. The van der Waals surface area contributed by atoms with Crippen LogP contribution in [0.1, 0.15) is 13.3 Å². The summed E-state index contributed by atoms with van der Waals surface area (Å²) < 4.78 is 14.3. The zero-order valence-corrected chi connectivity index (χ0v) is 6.15. The minimum absolute atomic E-state index is 0.233. The second kappa shape index (κ2) is 3.46. The Morgan fingerprint density at radius 1 is 1.88 bits per heavy atom. The third-order valence-electron chi connectivity index (χ3n) is 0.455. The summed E-state index contributed by atoms with van der Waals surface area (Å²) in [6.07, 6.45) is 0.692. The van der Waals surface area contributed by atoms with Crippen LogP contribution in [0.5, 0.6) is 0 Å². The van der Waals surface area contributed by atoms with Crippen molar-refractivity contribution in [3.05, 3.63) is 0 Å². The van der Waals surface area contributed by atoms with E-state index in [0.29, 0.717) is 6.42 Å². The third kappa shape index (κ3) is 6.44. The molecule has 0 amide bonds. The smallest absolute Gasteiger partial charge is 0.313 e. The molecule has 0 bridgehead atoms. The maximum Gasteiger partial charge on any atom is 0.421 e. The summed E-state index contributed by atoms with van der Waals surface area (Å²) in [5, 5.41) is 0. The minimum atomic E-state index is -3.71. The maximum atomic E-state index is 10.1. The van der Waals surface area contributed by atoms with Gasteiger partial charge in [0.25, 0.3) is 0 Å². The molecule has 0 heterocycles. The maximum absolute atomic E-state index is 10.1. The van der Waals surface area contributed by atoms with Crippen molar-refractivity contribution in [1.82, 2.24) is 0 Å². The molecule has 0 aliphatic rings. The van der Waals surface area contributed by atoms with Gasteiger partial charge in [0.1, 0.15) is 0 Å². The first-order valence-electron chi connectivity index (χ1n) is 2.23. The Kier molecular flexibility index (Phi) is 3.65. The molecule has 8 heavy (non-hydrogen) atoms. The van der Waals surface area contributed by atoms with Crippen molar-refractivity contribution in [3.63, 3.8) is 0 Å². The first-order valence-corrected chi connectivity index (χ1v) is 4.71. The normalized spacial score (nSPS) is 17.9. The van der Waals surface area contributed by atoms with Crippen molar-refractivity contribution in [2.75, 3.05) is 6.61 Å². The van der Waals surface area contributed by atoms with E-state index in [1.807, 2.05) is 6.92 Å². The molecule has 0 saturated heterocycles. The molecule has 0 aliphatic heterocycles. The van der Waals surface area contributed by atoms with Crippen LogP contribution in [0.15, 0.2) is 0 Å². The summed E-state index contributed by atoms with van der Waals surface area (Å²) in [7, 11) is 0. The van der Waals surface area contributed by atoms with Crippen molar-refractivity contribution in [3.8, 4) is 0 Å². The first kappa shape index (κ1) is 8.44. The van der Waals surface area contributed by atoms with Crippen molar-refractivity contribution in [2.24, 2.45) is 0 Å². The summed E-state index contributed by atoms with van der Waals surface area (Å²) in [4.78, 5) is 8.25. The van der Waals surface area contributed by atoms with Crippen LogP contribution in [0.2, 0.25) is 0 Å². The molecule has 50 valence electrons. The molecule has 0 aliphatic carbocycles. The van der Waals surface area contributed by atoms with Crippen LogP contribution in [0, 0.1) is 0 Å². The molecular formula is C3H8ClO3P. The van der Waals surface area contributed by atoms with E-state index in [9.17, 15) is 4.57 Å². The molecule has 0 fully saturated rings. The standard InChI is InChI=1S/C3H8ClO3P/c1-2-3-7-8(4,5)6/h2-3H2,1H3,(H,5,6). The third-order valence-corrected chi connectivity index (χ3v) is 1.25. The highest BCUT2D eigenvalue weighted by atomic mass is 35.7. The number of hydrogen-bond acceptors (Lipinski definition) is 2. The molecule has 0 aromatic heterocycles. The van der Waals surface area contributed by atoms with Gasteiger partial charge in [-0.15, -0.1) is 0 Å². The molecule has 0 aromatic carbocycles. The quantitative estimate of drug-likeness (QED) is 0.637. The molecule has 3 nitrogen and oxygen atoms in total. The Bertz CT molecular complexity index is 98.7. The van der Waals surface area contributed by atoms with Gasteiger partial charge in [-0.2, -0.15) is 0 Å². The molecule has 0 spiro atoms. The van der Waals surface area contributed by atoms with Gasteiger partial charge in [-0.05, 0) is 6.42 Å². The van der Waals surface area contributed by atoms with Gasteiger partial charge < -0.3 is 4.89 Å². The molecular weight excluding hydrogens is 150 g/mol. The second-order valence-electron chi connectivity index (χ2n) is 1.28. The van der Waals surface area contributed by atoms with E-state index in [0.717, 1.165) is 0 Å². The van der Waals surface area contributed by atoms with Gasteiger partial charge in [-0.25, -0.2) is 4.57 Å². The zero-order chi connectivity index (χ0) is 6.62. The predicted molar refractivity (Wildman–Crippen MR) is 31.9 cm³/mol.